The summed E-state index contributed by atoms with van der Waals surface area (Å²) >= 11 is 0. The van der Waals surface area contributed by atoms with E-state index in [9.17, 15) is 0 Å². The molecule has 12 heavy (non-hydrogen) atoms. The van der Waals surface area contributed by atoms with Crippen LogP contribution < -0.4 is 5.32 Å². The summed E-state index contributed by atoms with van der Waals surface area (Å²) in [5.41, 5.74) is 0. The molecule has 0 aliphatic heterocycles. The Hall–Kier alpha value is -0.0800. The van der Waals surface area contributed by atoms with Gasteiger partial charge in [0.05, 0.1) is 0 Å². The maximum atomic E-state index is 3.51. The van der Waals surface area contributed by atoms with Crippen molar-refractivity contribution in [3.63, 3.8) is 0 Å². The lowest BCUT2D eigenvalue weighted by atomic mass is 10.1. The third-order valence-electron chi connectivity index (χ3n) is 2.25. The molecule has 1 atom stereocenters. The molecule has 2 heteroatoms. The van der Waals surface area contributed by atoms with Crippen molar-refractivity contribution in [3.05, 3.63) is 0 Å². The quantitative estimate of drug-likeness (QED) is 0.612. The Kier molecular flexibility index (Phi) is 6.39. The van der Waals surface area contributed by atoms with Gasteiger partial charge < -0.3 is 10.2 Å². The summed E-state index contributed by atoms with van der Waals surface area (Å²) in [6.07, 6.45) is 1.24. The van der Waals surface area contributed by atoms with Crippen molar-refractivity contribution in [3.8, 4) is 0 Å². The lowest BCUT2D eigenvalue weighted by molar-refractivity contribution is 0.371. The first kappa shape index (κ1) is 11.9. The molecular formula is C10H24N2. The van der Waals surface area contributed by atoms with Crippen molar-refractivity contribution in [2.24, 2.45) is 5.92 Å². The number of nitrogens with zero attached hydrogens (tertiary/aromatic N) is 1. The topological polar surface area (TPSA) is 15.3 Å². The van der Waals surface area contributed by atoms with Crippen molar-refractivity contribution in [2.45, 2.75) is 33.2 Å². The van der Waals surface area contributed by atoms with Crippen LogP contribution in [-0.2, 0) is 0 Å². The highest BCUT2D eigenvalue weighted by Gasteiger charge is 2.04. The minimum Gasteiger partial charge on any atom is -0.314 e. The van der Waals surface area contributed by atoms with Gasteiger partial charge in [-0.15, -0.1) is 0 Å². The van der Waals surface area contributed by atoms with Gasteiger partial charge >= 0.3 is 0 Å². The van der Waals surface area contributed by atoms with E-state index in [0.717, 1.165) is 12.5 Å². The van der Waals surface area contributed by atoms with E-state index in [1.807, 2.05) is 0 Å². The summed E-state index contributed by atoms with van der Waals surface area (Å²) in [5.74, 6) is 0.740. The first-order chi connectivity index (χ1) is 5.54. The van der Waals surface area contributed by atoms with Gasteiger partial charge in [0.1, 0.15) is 0 Å². The molecule has 0 saturated heterocycles. The first-order valence-corrected chi connectivity index (χ1v) is 4.92. The molecule has 2 nitrogen and oxygen atoms in total. The Morgan fingerprint density at radius 3 is 2.17 bits per heavy atom. The molecular weight excluding hydrogens is 148 g/mol. The van der Waals surface area contributed by atoms with Crippen LogP contribution in [-0.4, -0.2) is 38.1 Å². The summed E-state index contributed by atoms with van der Waals surface area (Å²) < 4.78 is 0. The van der Waals surface area contributed by atoms with Crippen LogP contribution in [0.15, 0.2) is 0 Å². The van der Waals surface area contributed by atoms with E-state index in [2.05, 4.69) is 45.1 Å². The van der Waals surface area contributed by atoms with Gasteiger partial charge in [-0.1, -0.05) is 13.8 Å². The molecule has 0 amide bonds. The Labute approximate surface area is 77.3 Å². The van der Waals surface area contributed by atoms with E-state index in [-0.39, 0.29) is 0 Å². The Bertz CT molecular complexity index is 100. The summed E-state index contributed by atoms with van der Waals surface area (Å²) in [7, 11) is 4.23. The fourth-order valence-corrected chi connectivity index (χ4v) is 0.961. The van der Waals surface area contributed by atoms with Crippen molar-refractivity contribution < 1.29 is 0 Å². The van der Waals surface area contributed by atoms with E-state index in [1.165, 1.54) is 13.0 Å². The molecule has 0 spiro atoms. The minimum atomic E-state index is 0.646. The normalized spacial score (nSPS) is 14.2. The highest BCUT2D eigenvalue weighted by Crippen LogP contribution is 1.99. The lowest BCUT2D eigenvalue weighted by Gasteiger charge is -2.18. The highest BCUT2D eigenvalue weighted by atomic mass is 15.1. The van der Waals surface area contributed by atoms with Crippen LogP contribution in [0, 0.1) is 5.92 Å². The van der Waals surface area contributed by atoms with Crippen LogP contribution in [0.25, 0.3) is 0 Å². The van der Waals surface area contributed by atoms with Crippen molar-refractivity contribution in [1.82, 2.24) is 10.2 Å². The maximum absolute atomic E-state index is 3.51. The predicted octanol–water partition coefficient (Wildman–Crippen LogP) is 1.57. The average Bonchev–Trinajstić information content (AvgIpc) is 1.97. The van der Waals surface area contributed by atoms with Crippen LogP contribution in [0.4, 0.5) is 0 Å². The number of hydrogen-bond acceptors (Lipinski definition) is 2. The molecule has 0 aromatic heterocycles. The molecule has 0 aromatic rings. The number of nitrogens with one attached hydrogen (secondary N) is 1. The molecule has 0 aliphatic carbocycles. The van der Waals surface area contributed by atoms with E-state index in [1.54, 1.807) is 0 Å². The zero-order valence-corrected chi connectivity index (χ0v) is 9.22. The number of hydrogen-bond donors (Lipinski definition) is 1. The SMILES string of the molecule is CC(C)[C@@H](C)NCCCN(C)C. The summed E-state index contributed by atoms with van der Waals surface area (Å²) in [6.45, 7) is 9.07. The molecule has 1 N–H and O–H groups in total. The maximum Gasteiger partial charge on any atom is 0.00617 e. The first-order valence-electron chi connectivity index (χ1n) is 4.92. The zero-order valence-electron chi connectivity index (χ0n) is 9.22. The monoisotopic (exact) mass is 172 g/mol. The molecule has 0 bridgehead atoms. The van der Waals surface area contributed by atoms with Crippen LogP contribution in [0.3, 0.4) is 0 Å². The molecule has 0 fully saturated rings. The van der Waals surface area contributed by atoms with Crippen LogP contribution in [0.1, 0.15) is 27.2 Å². The second kappa shape index (κ2) is 6.44. The van der Waals surface area contributed by atoms with Crippen LogP contribution in [0.2, 0.25) is 0 Å². The molecule has 0 unspecified atom stereocenters. The van der Waals surface area contributed by atoms with Gasteiger partial charge in [-0.25, -0.2) is 0 Å². The Morgan fingerprint density at radius 1 is 1.17 bits per heavy atom. The molecule has 0 aliphatic rings. The van der Waals surface area contributed by atoms with Gasteiger partial charge in [0.2, 0.25) is 0 Å². The van der Waals surface area contributed by atoms with E-state index in [4.69, 9.17) is 0 Å². The predicted molar refractivity (Wildman–Crippen MR) is 55.5 cm³/mol. The standard InChI is InChI=1S/C10H24N2/c1-9(2)10(3)11-7-6-8-12(4)5/h9-11H,6-8H2,1-5H3/t10-/m1/s1. The summed E-state index contributed by atoms with van der Waals surface area (Å²) in [6, 6.07) is 0.646. The fraction of sp³-hybridized carbons (Fsp3) is 1.00. The fourth-order valence-electron chi connectivity index (χ4n) is 0.961. The van der Waals surface area contributed by atoms with Gasteiger partial charge in [-0.3, -0.25) is 0 Å². The third-order valence-corrected chi connectivity index (χ3v) is 2.25. The average molecular weight is 172 g/mol. The second-order valence-electron chi connectivity index (χ2n) is 4.14. The Morgan fingerprint density at radius 2 is 1.75 bits per heavy atom. The van der Waals surface area contributed by atoms with Gasteiger partial charge in [0, 0.05) is 6.04 Å². The highest BCUT2D eigenvalue weighted by molar-refractivity contribution is 4.64. The van der Waals surface area contributed by atoms with Crippen LogP contribution in [0.5, 0.6) is 0 Å². The molecule has 74 valence electrons. The van der Waals surface area contributed by atoms with Crippen LogP contribution >= 0.6 is 0 Å². The Balaban J connectivity index is 3.20. The van der Waals surface area contributed by atoms with E-state index < -0.39 is 0 Å². The lowest BCUT2D eigenvalue weighted by Crippen LogP contribution is -2.32. The molecule has 0 rings (SSSR count). The van der Waals surface area contributed by atoms with Crippen molar-refractivity contribution in [2.75, 3.05) is 27.2 Å². The summed E-state index contributed by atoms with van der Waals surface area (Å²) in [4.78, 5) is 2.22. The zero-order chi connectivity index (χ0) is 9.56. The van der Waals surface area contributed by atoms with E-state index in [0.29, 0.717) is 6.04 Å². The summed E-state index contributed by atoms with van der Waals surface area (Å²) in [5, 5.41) is 3.51. The van der Waals surface area contributed by atoms with Gasteiger partial charge in [-0.05, 0) is 46.4 Å². The van der Waals surface area contributed by atoms with Gasteiger partial charge in [-0.2, -0.15) is 0 Å². The van der Waals surface area contributed by atoms with Gasteiger partial charge in [0.25, 0.3) is 0 Å². The van der Waals surface area contributed by atoms with Crippen molar-refractivity contribution >= 4 is 0 Å². The third kappa shape index (κ3) is 6.62. The molecule has 0 radical (unpaired) electrons. The van der Waals surface area contributed by atoms with Crippen molar-refractivity contribution in [1.29, 1.82) is 0 Å². The molecule has 0 saturated carbocycles. The largest absolute Gasteiger partial charge is 0.314 e. The number of rotatable bonds is 6. The minimum absolute atomic E-state index is 0.646. The molecule has 0 heterocycles. The van der Waals surface area contributed by atoms with E-state index >= 15 is 0 Å². The van der Waals surface area contributed by atoms with Gasteiger partial charge in [0.15, 0.2) is 0 Å². The second-order valence-corrected chi connectivity index (χ2v) is 4.14. The molecule has 0 aromatic carbocycles. The smallest absolute Gasteiger partial charge is 0.00617 e.